The molecular weight excluding hydrogens is 204 g/mol. The minimum atomic E-state index is 0.524. The SMILES string of the molecule is N#Cc1ccccc1CNCc1ncon1. The highest BCUT2D eigenvalue weighted by atomic mass is 16.5. The Morgan fingerprint density at radius 1 is 1.31 bits per heavy atom. The minimum absolute atomic E-state index is 0.524. The Kier molecular flexibility index (Phi) is 3.26. The van der Waals surface area contributed by atoms with Crippen LogP contribution in [0.5, 0.6) is 0 Å². The predicted molar refractivity (Wildman–Crippen MR) is 56.0 cm³/mol. The minimum Gasteiger partial charge on any atom is -0.343 e. The molecule has 0 saturated carbocycles. The molecule has 0 aliphatic heterocycles. The fourth-order valence-corrected chi connectivity index (χ4v) is 1.36. The third-order valence-corrected chi connectivity index (χ3v) is 2.14. The van der Waals surface area contributed by atoms with Crippen molar-refractivity contribution in [3.8, 4) is 6.07 Å². The van der Waals surface area contributed by atoms with E-state index in [-0.39, 0.29) is 0 Å². The van der Waals surface area contributed by atoms with E-state index in [4.69, 9.17) is 5.26 Å². The molecule has 1 heterocycles. The van der Waals surface area contributed by atoms with Crippen molar-refractivity contribution in [1.82, 2.24) is 15.5 Å². The van der Waals surface area contributed by atoms with Gasteiger partial charge >= 0.3 is 0 Å². The lowest BCUT2D eigenvalue weighted by Crippen LogP contribution is -2.14. The summed E-state index contributed by atoms with van der Waals surface area (Å²) >= 11 is 0. The first-order chi connectivity index (χ1) is 7.90. The van der Waals surface area contributed by atoms with Gasteiger partial charge in [-0.3, -0.25) is 0 Å². The molecule has 5 nitrogen and oxygen atoms in total. The summed E-state index contributed by atoms with van der Waals surface area (Å²) in [6.45, 7) is 1.13. The van der Waals surface area contributed by atoms with E-state index in [1.807, 2.05) is 18.2 Å². The number of rotatable bonds is 4. The van der Waals surface area contributed by atoms with Gasteiger partial charge in [-0.25, -0.2) is 0 Å². The molecule has 0 saturated heterocycles. The standard InChI is InChI=1S/C11H10N4O/c12-5-9-3-1-2-4-10(9)6-13-7-11-14-8-16-15-11/h1-4,8,13H,6-7H2. The van der Waals surface area contributed by atoms with E-state index in [1.54, 1.807) is 6.07 Å². The highest BCUT2D eigenvalue weighted by molar-refractivity contribution is 5.37. The van der Waals surface area contributed by atoms with Crippen molar-refractivity contribution in [3.05, 3.63) is 47.6 Å². The van der Waals surface area contributed by atoms with Crippen LogP contribution in [0.15, 0.2) is 35.2 Å². The highest BCUT2D eigenvalue weighted by Gasteiger charge is 2.01. The zero-order valence-corrected chi connectivity index (χ0v) is 8.55. The molecule has 5 heteroatoms. The van der Waals surface area contributed by atoms with Crippen LogP contribution < -0.4 is 5.32 Å². The Morgan fingerprint density at radius 2 is 2.19 bits per heavy atom. The van der Waals surface area contributed by atoms with E-state index in [9.17, 15) is 0 Å². The van der Waals surface area contributed by atoms with Crippen LogP contribution in [-0.2, 0) is 13.1 Å². The van der Waals surface area contributed by atoms with E-state index in [1.165, 1.54) is 6.39 Å². The van der Waals surface area contributed by atoms with Crippen LogP contribution in [0.3, 0.4) is 0 Å². The molecule has 0 spiro atoms. The van der Waals surface area contributed by atoms with Gasteiger partial charge in [0.1, 0.15) is 0 Å². The number of aromatic nitrogens is 2. The first-order valence-electron chi connectivity index (χ1n) is 4.84. The predicted octanol–water partition coefficient (Wildman–Crippen LogP) is 1.23. The number of hydrogen-bond donors (Lipinski definition) is 1. The average molecular weight is 214 g/mol. The fraction of sp³-hybridized carbons (Fsp3) is 0.182. The van der Waals surface area contributed by atoms with Crippen LogP contribution in [0.4, 0.5) is 0 Å². The second kappa shape index (κ2) is 5.05. The van der Waals surface area contributed by atoms with E-state index in [2.05, 4.69) is 26.0 Å². The van der Waals surface area contributed by atoms with Crippen LogP contribution >= 0.6 is 0 Å². The number of nitrogens with zero attached hydrogens (tertiary/aromatic N) is 3. The van der Waals surface area contributed by atoms with Gasteiger partial charge in [0.25, 0.3) is 0 Å². The fourth-order valence-electron chi connectivity index (χ4n) is 1.36. The van der Waals surface area contributed by atoms with Crippen LogP contribution in [-0.4, -0.2) is 10.1 Å². The van der Waals surface area contributed by atoms with Crippen LogP contribution in [0.2, 0.25) is 0 Å². The molecule has 2 aromatic rings. The van der Waals surface area contributed by atoms with Gasteiger partial charge in [-0.15, -0.1) is 0 Å². The van der Waals surface area contributed by atoms with Crippen LogP contribution in [0.25, 0.3) is 0 Å². The van der Waals surface area contributed by atoms with Gasteiger partial charge < -0.3 is 9.84 Å². The lowest BCUT2D eigenvalue weighted by Gasteiger charge is -2.03. The van der Waals surface area contributed by atoms with E-state index < -0.39 is 0 Å². The first kappa shape index (κ1) is 10.3. The Labute approximate surface area is 92.7 Å². The highest BCUT2D eigenvalue weighted by Crippen LogP contribution is 2.06. The second-order valence-electron chi connectivity index (χ2n) is 3.22. The maximum absolute atomic E-state index is 8.88. The van der Waals surface area contributed by atoms with Crippen molar-refractivity contribution < 1.29 is 4.52 Å². The quantitative estimate of drug-likeness (QED) is 0.828. The molecule has 0 atom stereocenters. The number of hydrogen-bond acceptors (Lipinski definition) is 5. The Balaban J connectivity index is 1.93. The van der Waals surface area contributed by atoms with Crippen molar-refractivity contribution in [3.63, 3.8) is 0 Å². The summed E-state index contributed by atoms with van der Waals surface area (Å²) in [5, 5.41) is 15.7. The molecule has 1 N–H and O–H groups in total. The molecule has 80 valence electrons. The molecule has 0 amide bonds. The maximum atomic E-state index is 8.88. The summed E-state index contributed by atoms with van der Waals surface area (Å²) in [5.74, 6) is 0.606. The zero-order chi connectivity index (χ0) is 11.2. The molecule has 1 aromatic carbocycles. The molecule has 0 aliphatic carbocycles. The largest absolute Gasteiger partial charge is 0.343 e. The lowest BCUT2D eigenvalue weighted by molar-refractivity contribution is 0.407. The van der Waals surface area contributed by atoms with E-state index >= 15 is 0 Å². The van der Waals surface area contributed by atoms with E-state index in [0.717, 1.165) is 5.56 Å². The van der Waals surface area contributed by atoms with Crippen molar-refractivity contribution in [2.45, 2.75) is 13.1 Å². The van der Waals surface area contributed by atoms with Gasteiger partial charge in [0, 0.05) is 6.54 Å². The molecule has 0 bridgehead atoms. The first-order valence-corrected chi connectivity index (χ1v) is 4.84. The summed E-state index contributed by atoms with van der Waals surface area (Å²) < 4.78 is 4.61. The lowest BCUT2D eigenvalue weighted by atomic mass is 10.1. The summed E-state index contributed by atoms with van der Waals surface area (Å²) in [6.07, 6.45) is 1.29. The zero-order valence-electron chi connectivity index (χ0n) is 8.55. The Morgan fingerprint density at radius 3 is 2.94 bits per heavy atom. The van der Waals surface area contributed by atoms with Crippen molar-refractivity contribution in [2.75, 3.05) is 0 Å². The van der Waals surface area contributed by atoms with Crippen molar-refractivity contribution in [1.29, 1.82) is 5.26 Å². The number of nitriles is 1. The smallest absolute Gasteiger partial charge is 0.213 e. The summed E-state index contributed by atoms with van der Waals surface area (Å²) in [5.41, 5.74) is 1.65. The molecule has 0 radical (unpaired) electrons. The van der Waals surface area contributed by atoms with Gasteiger partial charge in [-0.2, -0.15) is 10.2 Å². The van der Waals surface area contributed by atoms with Gasteiger partial charge in [-0.05, 0) is 11.6 Å². The Hall–Kier alpha value is -2.19. The van der Waals surface area contributed by atoms with Crippen LogP contribution in [0.1, 0.15) is 17.0 Å². The molecule has 0 unspecified atom stereocenters. The second-order valence-corrected chi connectivity index (χ2v) is 3.22. The van der Waals surface area contributed by atoms with Gasteiger partial charge in [0.2, 0.25) is 6.39 Å². The molecule has 0 fully saturated rings. The van der Waals surface area contributed by atoms with Crippen molar-refractivity contribution in [2.24, 2.45) is 0 Å². The Bertz CT molecular complexity index is 487. The molecule has 2 rings (SSSR count). The van der Waals surface area contributed by atoms with Crippen LogP contribution in [0, 0.1) is 11.3 Å². The summed E-state index contributed by atoms with van der Waals surface area (Å²) in [7, 11) is 0. The molecule has 0 aliphatic rings. The number of nitrogens with one attached hydrogen (secondary N) is 1. The summed E-state index contributed by atoms with van der Waals surface area (Å²) in [6, 6.07) is 9.62. The third-order valence-electron chi connectivity index (χ3n) is 2.14. The van der Waals surface area contributed by atoms with E-state index in [0.29, 0.717) is 24.5 Å². The molecule has 1 aromatic heterocycles. The topological polar surface area (TPSA) is 74.7 Å². The monoisotopic (exact) mass is 214 g/mol. The van der Waals surface area contributed by atoms with Crippen molar-refractivity contribution >= 4 is 0 Å². The maximum Gasteiger partial charge on any atom is 0.213 e. The van der Waals surface area contributed by atoms with Gasteiger partial charge in [0.05, 0.1) is 18.2 Å². The normalized spacial score (nSPS) is 9.94. The average Bonchev–Trinajstić information content (AvgIpc) is 2.83. The third kappa shape index (κ3) is 2.43. The summed E-state index contributed by atoms with van der Waals surface area (Å²) in [4.78, 5) is 3.88. The van der Waals surface area contributed by atoms with Gasteiger partial charge in [-0.1, -0.05) is 23.4 Å². The molecular formula is C11H10N4O. The molecule has 16 heavy (non-hydrogen) atoms. The number of benzene rings is 1. The van der Waals surface area contributed by atoms with Gasteiger partial charge in [0.15, 0.2) is 5.82 Å².